The first-order valence-electron chi connectivity index (χ1n) is 9.39. The maximum Gasteiger partial charge on any atom is 0.315 e. The standard InChI is InChI=1S/C20H20O8/c21-12-7-8-13(22)19-18(12,28-19)16(24)15(23)17(25)20(19)26-10-5-1-3-9-4-2-6-11(27-20)14(9)10/h1-6,12-13,15-17,21-25H,7-8H2. The molecule has 1 spiro atoms. The van der Waals surface area contributed by atoms with E-state index < -0.39 is 47.5 Å². The van der Waals surface area contributed by atoms with Gasteiger partial charge >= 0.3 is 5.79 Å². The molecular formula is C20H20O8. The van der Waals surface area contributed by atoms with Gasteiger partial charge in [-0.25, -0.2) is 0 Å². The third-order valence-electron chi connectivity index (χ3n) is 6.89. The number of rotatable bonds is 0. The zero-order valence-corrected chi connectivity index (χ0v) is 14.7. The molecule has 2 aromatic carbocycles. The Morgan fingerprint density at radius 1 is 0.786 bits per heavy atom. The Bertz CT molecular complexity index is 953. The summed E-state index contributed by atoms with van der Waals surface area (Å²) in [6.45, 7) is 0. The van der Waals surface area contributed by atoms with Crippen LogP contribution in [0.2, 0.25) is 0 Å². The second kappa shape index (κ2) is 4.96. The van der Waals surface area contributed by atoms with Gasteiger partial charge in [0.15, 0.2) is 11.7 Å². The minimum atomic E-state index is -2.03. The molecule has 2 heterocycles. The highest BCUT2D eigenvalue weighted by atomic mass is 16.8. The highest BCUT2D eigenvalue weighted by Crippen LogP contribution is 2.70. The Balaban J connectivity index is 1.60. The Kier molecular flexibility index (Phi) is 3.01. The lowest BCUT2D eigenvalue weighted by molar-refractivity contribution is -0.296. The van der Waals surface area contributed by atoms with Gasteiger partial charge in [0.2, 0.25) is 5.60 Å². The fourth-order valence-corrected chi connectivity index (χ4v) is 5.61. The molecule has 0 aromatic heterocycles. The molecule has 4 aliphatic rings. The van der Waals surface area contributed by atoms with Crippen LogP contribution in [0.15, 0.2) is 36.4 Å². The molecule has 1 saturated heterocycles. The van der Waals surface area contributed by atoms with Crippen molar-refractivity contribution in [2.75, 3.05) is 0 Å². The van der Waals surface area contributed by atoms with E-state index in [1.54, 1.807) is 24.3 Å². The van der Waals surface area contributed by atoms with Crippen LogP contribution < -0.4 is 9.47 Å². The Hall–Kier alpha value is -1.94. The van der Waals surface area contributed by atoms with Crippen LogP contribution >= 0.6 is 0 Å². The predicted octanol–water partition coefficient (Wildman–Crippen LogP) is -0.573. The van der Waals surface area contributed by atoms with Crippen LogP contribution in [0, 0.1) is 0 Å². The van der Waals surface area contributed by atoms with E-state index >= 15 is 0 Å². The summed E-state index contributed by atoms with van der Waals surface area (Å²) >= 11 is 0. The number of benzene rings is 2. The lowest BCUT2D eigenvalue weighted by Gasteiger charge is -2.53. The molecule has 8 nitrogen and oxygen atoms in total. The van der Waals surface area contributed by atoms with Gasteiger partial charge in [0, 0.05) is 0 Å². The van der Waals surface area contributed by atoms with E-state index in [0.29, 0.717) is 16.9 Å². The maximum atomic E-state index is 11.0. The fourth-order valence-electron chi connectivity index (χ4n) is 5.61. The van der Waals surface area contributed by atoms with E-state index in [0.717, 1.165) is 5.39 Å². The van der Waals surface area contributed by atoms with E-state index in [9.17, 15) is 25.5 Å². The zero-order chi connectivity index (χ0) is 19.5. The summed E-state index contributed by atoms with van der Waals surface area (Å²) in [6.07, 6.45) is -7.06. The molecule has 2 aromatic rings. The number of aliphatic hydroxyl groups is 5. The fraction of sp³-hybridized carbons (Fsp3) is 0.500. The molecule has 3 fully saturated rings. The van der Waals surface area contributed by atoms with Crippen LogP contribution in [-0.4, -0.2) is 73.0 Å². The van der Waals surface area contributed by atoms with Gasteiger partial charge < -0.3 is 39.7 Å². The number of ether oxygens (including phenoxy) is 3. The van der Waals surface area contributed by atoms with E-state index in [4.69, 9.17) is 14.2 Å². The van der Waals surface area contributed by atoms with Gasteiger partial charge in [0.1, 0.15) is 23.7 Å². The zero-order valence-electron chi connectivity index (χ0n) is 14.7. The third-order valence-corrected chi connectivity index (χ3v) is 6.89. The van der Waals surface area contributed by atoms with Crippen LogP contribution in [0.25, 0.3) is 10.8 Å². The van der Waals surface area contributed by atoms with Gasteiger partial charge in [-0.1, -0.05) is 24.3 Å². The van der Waals surface area contributed by atoms with Gasteiger partial charge in [-0.15, -0.1) is 0 Å². The Morgan fingerprint density at radius 3 is 2.04 bits per heavy atom. The number of epoxide rings is 1. The van der Waals surface area contributed by atoms with Crippen molar-refractivity contribution in [2.45, 2.75) is 60.4 Å². The topological polar surface area (TPSA) is 132 Å². The summed E-state index contributed by atoms with van der Waals surface area (Å²) in [5, 5.41) is 55.4. The summed E-state index contributed by atoms with van der Waals surface area (Å²) in [7, 11) is 0. The molecule has 7 unspecified atom stereocenters. The molecule has 148 valence electrons. The maximum absolute atomic E-state index is 11.0. The monoisotopic (exact) mass is 388 g/mol. The Labute approximate surface area is 159 Å². The average Bonchev–Trinajstić information content (AvgIpc) is 3.44. The van der Waals surface area contributed by atoms with Crippen molar-refractivity contribution in [3.05, 3.63) is 36.4 Å². The normalized spacial score (nSPS) is 45.0. The highest BCUT2D eigenvalue weighted by Gasteiger charge is 2.95. The van der Waals surface area contributed by atoms with Crippen LogP contribution in [0.4, 0.5) is 0 Å². The second-order valence-electron chi connectivity index (χ2n) is 8.10. The van der Waals surface area contributed by atoms with E-state index in [1.165, 1.54) is 0 Å². The van der Waals surface area contributed by atoms with Gasteiger partial charge in [-0.3, -0.25) is 0 Å². The molecule has 2 aliphatic heterocycles. The minimum absolute atomic E-state index is 0.165. The summed E-state index contributed by atoms with van der Waals surface area (Å²) in [5.41, 5.74) is -3.42. The summed E-state index contributed by atoms with van der Waals surface area (Å²) in [6, 6.07) is 10.7. The molecular weight excluding hydrogens is 368 g/mol. The molecule has 8 heteroatoms. The molecule has 2 saturated carbocycles. The van der Waals surface area contributed by atoms with Crippen LogP contribution in [0.3, 0.4) is 0 Å². The molecule has 5 N–H and O–H groups in total. The SMILES string of the molecule is OC1C(O)C2(Oc3cccc4cccc(c34)O2)C23OC2(C(O)CCC3O)C1O. The Morgan fingerprint density at radius 2 is 1.39 bits per heavy atom. The molecule has 6 rings (SSSR count). The lowest BCUT2D eigenvalue weighted by Crippen LogP contribution is -2.80. The molecule has 0 bridgehead atoms. The van der Waals surface area contributed by atoms with Crippen LogP contribution in [0.5, 0.6) is 11.5 Å². The third kappa shape index (κ3) is 1.54. The molecule has 0 amide bonds. The first-order valence-corrected chi connectivity index (χ1v) is 9.39. The predicted molar refractivity (Wildman–Crippen MR) is 93.8 cm³/mol. The van der Waals surface area contributed by atoms with Crippen molar-refractivity contribution >= 4 is 10.8 Å². The highest BCUT2D eigenvalue weighted by molar-refractivity contribution is 5.94. The van der Waals surface area contributed by atoms with Crippen molar-refractivity contribution in [2.24, 2.45) is 0 Å². The first kappa shape index (κ1) is 17.0. The van der Waals surface area contributed by atoms with Gasteiger partial charge in [0.05, 0.1) is 17.6 Å². The summed E-state index contributed by atoms with van der Waals surface area (Å²) in [5.74, 6) is -1.24. The van der Waals surface area contributed by atoms with Crippen molar-refractivity contribution in [1.29, 1.82) is 0 Å². The van der Waals surface area contributed by atoms with Crippen LogP contribution in [-0.2, 0) is 4.74 Å². The number of hydrogen-bond acceptors (Lipinski definition) is 8. The van der Waals surface area contributed by atoms with Gasteiger partial charge in [0.25, 0.3) is 0 Å². The molecule has 2 aliphatic carbocycles. The van der Waals surface area contributed by atoms with Crippen molar-refractivity contribution < 1.29 is 39.7 Å². The van der Waals surface area contributed by atoms with Gasteiger partial charge in [-0.2, -0.15) is 0 Å². The molecule has 0 radical (unpaired) electrons. The molecule has 7 atom stereocenters. The van der Waals surface area contributed by atoms with Crippen molar-refractivity contribution in [3.63, 3.8) is 0 Å². The lowest BCUT2D eigenvalue weighted by atomic mass is 9.61. The largest absolute Gasteiger partial charge is 0.446 e. The van der Waals surface area contributed by atoms with E-state index in [2.05, 4.69) is 0 Å². The average molecular weight is 388 g/mol. The van der Waals surface area contributed by atoms with E-state index in [-0.39, 0.29) is 12.8 Å². The first-order chi connectivity index (χ1) is 13.4. The van der Waals surface area contributed by atoms with Gasteiger partial charge in [-0.05, 0) is 30.4 Å². The van der Waals surface area contributed by atoms with Crippen molar-refractivity contribution in [3.8, 4) is 11.5 Å². The van der Waals surface area contributed by atoms with Crippen molar-refractivity contribution in [1.82, 2.24) is 0 Å². The number of aliphatic hydroxyl groups excluding tert-OH is 5. The van der Waals surface area contributed by atoms with E-state index in [1.807, 2.05) is 12.1 Å². The minimum Gasteiger partial charge on any atom is -0.446 e. The number of hydrogen-bond donors (Lipinski definition) is 5. The quantitative estimate of drug-likeness (QED) is 0.379. The second-order valence-corrected chi connectivity index (χ2v) is 8.10. The summed E-state index contributed by atoms with van der Waals surface area (Å²) < 4.78 is 18.2. The summed E-state index contributed by atoms with van der Waals surface area (Å²) in [4.78, 5) is 0. The smallest absolute Gasteiger partial charge is 0.315 e. The van der Waals surface area contributed by atoms with Crippen LogP contribution in [0.1, 0.15) is 12.8 Å². The molecule has 28 heavy (non-hydrogen) atoms.